The summed E-state index contributed by atoms with van der Waals surface area (Å²) >= 11 is 0. The van der Waals surface area contributed by atoms with Crippen molar-refractivity contribution in [1.82, 2.24) is 5.32 Å². The lowest BCUT2D eigenvalue weighted by molar-refractivity contribution is -0.154. The van der Waals surface area contributed by atoms with Gasteiger partial charge in [0.15, 0.2) is 0 Å². The zero-order chi connectivity index (χ0) is 19.5. The normalized spacial score (nSPS) is 28.0. The van der Waals surface area contributed by atoms with Gasteiger partial charge in [-0.25, -0.2) is 0 Å². The third kappa shape index (κ3) is 4.85. The standard InChI is InChI=1S/C18H24BFNO6/c1-13(2)15(8-16(22)24-9-14-6-4-3-5-7-14)17(23)21-18-10-25-19(20,26-11-18)27-12-18/h3-7,13,15H,8-12H2,1-2H3,(H,21,23)/q-1/t15-,18?,19?/m0/s1. The van der Waals surface area contributed by atoms with Crippen LogP contribution in [0.2, 0.25) is 0 Å². The van der Waals surface area contributed by atoms with Crippen molar-refractivity contribution in [3.05, 3.63) is 35.9 Å². The first-order valence-corrected chi connectivity index (χ1v) is 9.06. The minimum absolute atomic E-state index is 0.0293. The van der Waals surface area contributed by atoms with Crippen LogP contribution in [0.5, 0.6) is 0 Å². The average Bonchev–Trinajstić information content (AvgIpc) is 2.66. The van der Waals surface area contributed by atoms with E-state index >= 15 is 0 Å². The minimum Gasteiger partial charge on any atom is -0.513 e. The van der Waals surface area contributed by atoms with E-state index in [1.807, 2.05) is 44.2 Å². The Hall–Kier alpha value is -1.97. The number of halogens is 1. The van der Waals surface area contributed by atoms with Gasteiger partial charge in [-0.05, 0) is 11.5 Å². The molecular weight excluding hydrogens is 356 g/mol. The van der Waals surface area contributed by atoms with Crippen LogP contribution in [0.25, 0.3) is 0 Å². The Labute approximate surface area is 157 Å². The second kappa shape index (κ2) is 7.96. The summed E-state index contributed by atoms with van der Waals surface area (Å²) in [5.41, 5.74) is -0.0592. The molecule has 3 aliphatic rings. The van der Waals surface area contributed by atoms with Gasteiger partial charge in [-0.2, -0.15) is 0 Å². The van der Waals surface area contributed by atoms with Crippen LogP contribution in [-0.2, 0) is 34.9 Å². The number of amides is 1. The minimum atomic E-state index is -3.18. The molecule has 0 spiro atoms. The van der Waals surface area contributed by atoms with Crippen molar-refractivity contribution in [3.63, 3.8) is 0 Å². The molecular formula is C18H24BFNO6-. The lowest BCUT2D eigenvalue weighted by Crippen LogP contribution is -2.72. The second-order valence-electron chi connectivity index (χ2n) is 7.46. The third-order valence-electron chi connectivity index (χ3n) is 4.84. The smallest absolute Gasteiger partial charge is 0.513 e. The van der Waals surface area contributed by atoms with Crippen molar-refractivity contribution >= 4 is 18.9 Å². The lowest BCUT2D eigenvalue weighted by atomic mass is 9.88. The molecule has 0 aliphatic carbocycles. The van der Waals surface area contributed by atoms with E-state index in [4.69, 9.17) is 18.7 Å². The monoisotopic (exact) mass is 380 g/mol. The molecule has 0 radical (unpaired) electrons. The second-order valence-corrected chi connectivity index (χ2v) is 7.46. The maximum absolute atomic E-state index is 13.8. The van der Waals surface area contributed by atoms with Gasteiger partial charge >= 0.3 is 13.0 Å². The molecule has 1 atom stereocenters. The molecule has 7 nitrogen and oxygen atoms in total. The van der Waals surface area contributed by atoms with Crippen LogP contribution in [0.1, 0.15) is 25.8 Å². The SMILES string of the molecule is CC(C)[C@H](CC(=O)OCc1ccccc1)C(=O)NC12CO[B-](F)(OC1)OC2. The molecule has 0 saturated carbocycles. The molecule has 1 aromatic rings. The molecule has 27 heavy (non-hydrogen) atoms. The lowest BCUT2D eigenvalue weighted by Gasteiger charge is -2.55. The summed E-state index contributed by atoms with van der Waals surface area (Å²) < 4.78 is 33.8. The average molecular weight is 380 g/mol. The van der Waals surface area contributed by atoms with E-state index < -0.39 is 24.5 Å². The molecule has 1 aromatic carbocycles. The van der Waals surface area contributed by atoms with Gasteiger partial charge in [0.2, 0.25) is 5.91 Å². The number of carbonyl (C=O) groups excluding carboxylic acids is 2. The Balaban J connectivity index is 1.55. The number of hydrogen-bond donors (Lipinski definition) is 1. The molecule has 1 amide bonds. The highest BCUT2D eigenvalue weighted by molar-refractivity contribution is 6.53. The highest BCUT2D eigenvalue weighted by Gasteiger charge is 2.50. The number of rotatable bonds is 7. The maximum Gasteiger partial charge on any atom is 0.566 e. The molecule has 3 saturated heterocycles. The van der Waals surface area contributed by atoms with E-state index in [1.54, 1.807) is 0 Å². The molecule has 3 aliphatic heterocycles. The number of nitrogens with one attached hydrogen (secondary N) is 1. The Morgan fingerprint density at radius 2 is 1.78 bits per heavy atom. The summed E-state index contributed by atoms with van der Waals surface area (Å²) in [5.74, 6) is -1.47. The number of esters is 1. The molecule has 1 N–H and O–H groups in total. The van der Waals surface area contributed by atoms with Crippen LogP contribution >= 0.6 is 0 Å². The summed E-state index contributed by atoms with van der Waals surface area (Å²) in [6, 6.07) is 9.32. The van der Waals surface area contributed by atoms with Crippen LogP contribution < -0.4 is 5.32 Å². The molecule has 148 valence electrons. The predicted octanol–water partition coefficient (Wildman–Crippen LogP) is 1.73. The van der Waals surface area contributed by atoms with Crippen LogP contribution in [0.3, 0.4) is 0 Å². The third-order valence-corrected chi connectivity index (χ3v) is 4.84. The van der Waals surface area contributed by atoms with E-state index in [0.29, 0.717) is 0 Å². The molecule has 0 unspecified atom stereocenters. The van der Waals surface area contributed by atoms with Crippen LogP contribution in [0.15, 0.2) is 30.3 Å². The maximum atomic E-state index is 13.8. The van der Waals surface area contributed by atoms with Crippen LogP contribution in [0, 0.1) is 11.8 Å². The van der Waals surface area contributed by atoms with Crippen molar-refractivity contribution in [3.8, 4) is 0 Å². The highest BCUT2D eigenvalue weighted by atomic mass is 19.1. The van der Waals surface area contributed by atoms with Gasteiger partial charge in [-0.1, -0.05) is 44.2 Å². The molecule has 9 heteroatoms. The first-order chi connectivity index (χ1) is 12.8. The quantitative estimate of drug-likeness (QED) is 0.573. The number of fused-ring (bicyclic) bond motifs is 3. The van der Waals surface area contributed by atoms with Gasteiger partial charge in [0.05, 0.1) is 17.9 Å². The van der Waals surface area contributed by atoms with E-state index in [-0.39, 0.29) is 44.7 Å². The van der Waals surface area contributed by atoms with Crippen molar-refractivity contribution in [2.75, 3.05) is 19.8 Å². The molecule has 3 heterocycles. The number of hydrogen-bond acceptors (Lipinski definition) is 6. The largest absolute Gasteiger partial charge is 0.566 e. The molecule has 3 fully saturated rings. The number of ether oxygens (including phenoxy) is 1. The molecule has 0 aromatic heterocycles. The Morgan fingerprint density at radius 3 is 2.33 bits per heavy atom. The van der Waals surface area contributed by atoms with Crippen molar-refractivity contribution in [2.45, 2.75) is 32.4 Å². The van der Waals surface area contributed by atoms with Crippen molar-refractivity contribution < 1.29 is 32.6 Å². The summed E-state index contributed by atoms with van der Waals surface area (Å²) in [7, 11) is -3.18. The van der Waals surface area contributed by atoms with E-state index in [0.717, 1.165) is 5.56 Å². The van der Waals surface area contributed by atoms with Gasteiger partial charge in [0.1, 0.15) is 6.61 Å². The van der Waals surface area contributed by atoms with Gasteiger partial charge in [-0.15, -0.1) is 0 Å². The Kier molecular flexibility index (Phi) is 5.83. The zero-order valence-corrected chi connectivity index (χ0v) is 15.5. The first-order valence-electron chi connectivity index (χ1n) is 9.06. The Morgan fingerprint density at radius 1 is 1.19 bits per heavy atom. The fraction of sp³-hybridized carbons (Fsp3) is 0.556. The summed E-state index contributed by atoms with van der Waals surface area (Å²) in [6.45, 7) is 3.78. The molecule has 2 bridgehead atoms. The van der Waals surface area contributed by atoms with E-state index in [1.165, 1.54) is 0 Å². The van der Waals surface area contributed by atoms with E-state index in [2.05, 4.69) is 5.32 Å². The predicted molar refractivity (Wildman–Crippen MR) is 94.8 cm³/mol. The number of carbonyl (C=O) groups is 2. The number of benzene rings is 1. The summed E-state index contributed by atoms with van der Waals surface area (Å²) in [6.07, 6.45) is -0.0496. The molecule has 4 rings (SSSR count). The van der Waals surface area contributed by atoms with Crippen molar-refractivity contribution in [2.24, 2.45) is 11.8 Å². The van der Waals surface area contributed by atoms with Gasteiger partial charge in [0.25, 0.3) is 0 Å². The van der Waals surface area contributed by atoms with Crippen molar-refractivity contribution in [1.29, 1.82) is 0 Å². The van der Waals surface area contributed by atoms with Gasteiger partial charge < -0.3 is 28.3 Å². The highest BCUT2D eigenvalue weighted by Crippen LogP contribution is 2.31. The fourth-order valence-electron chi connectivity index (χ4n) is 3.12. The topological polar surface area (TPSA) is 83.1 Å². The fourth-order valence-corrected chi connectivity index (χ4v) is 3.12. The van der Waals surface area contributed by atoms with Gasteiger partial charge in [0, 0.05) is 19.8 Å². The van der Waals surface area contributed by atoms with Crippen LogP contribution in [0.4, 0.5) is 4.32 Å². The van der Waals surface area contributed by atoms with Crippen LogP contribution in [-0.4, -0.2) is 44.3 Å². The first kappa shape index (κ1) is 19.8. The summed E-state index contributed by atoms with van der Waals surface area (Å²) in [5, 5.41) is 2.82. The van der Waals surface area contributed by atoms with E-state index in [9.17, 15) is 13.9 Å². The van der Waals surface area contributed by atoms with Gasteiger partial charge in [-0.3, -0.25) is 9.59 Å². The zero-order valence-electron chi connectivity index (χ0n) is 15.5. The summed E-state index contributed by atoms with van der Waals surface area (Å²) in [4.78, 5) is 25.0. The Bertz CT molecular complexity index is 661.